The van der Waals surface area contributed by atoms with Gasteiger partial charge < -0.3 is 19.4 Å². The highest BCUT2D eigenvalue weighted by molar-refractivity contribution is 5.94. The van der Waals surface area contributed by atoms with Crippen molar-refractivity contribution in [2.45, 2.75) is 27.2 Å². The van der Waals surface area contributed by atoms with Gasteiger partial charge in [-0.3, -0.25) is 9.59 Å². The van der Waals surface area contributed by atoms with Crippen molar-refractivity contribution in [3.05, 3.63) is 58.7 Å². The van der Waals surface area contributed by atoms with E-state index in [9.17, 15) is 9.59 Å². The van der Waals surface area contributed by atoms with Gasteiger partial charge in [0.25, 0.3) is 11.8 Å². The van der Waals surface area contributed by atoms with Gasteiger partial charge in [0.1, 0.15) is 5.75 Å². The van der Waals surface area contributed by atoms with Crippen LogP contribution in [0.1, 0.15) is 33.5 Å². The van der Waals surface area contributed by atoms with Crippen molar-refractivity contribution in [3.63, 3.8) is 0 Å². The number of anilines is 1. The van der Waals surface area contributed by atoms with E-state index in [0.29, 0.717) is 31.7 Å². The van der Waals surface area contributed by atoms with Crippen LogP contribution in [0.2, 0.25) is 0 Å². The quantitative estimate of drug-likeness (QED) is 0.739. The molecule has 1 fully saturated rings. The van der Waals surface area contributed by atoms with E-state index in [1.807, 2.05) is 79.9 Å². The van der Waals surface area contributed by atoms with Crippen molar-refractivity contribution >= 4 is 17.5 Å². The molecule has 2 amide bonds. The molecule has 166 valence electrons. The molecule has 6 heteroatoms. The Morgan fingerprint density at radius 3 is 2.16 bits per heavy atom. The van der Waals surface area contributed by atoms with Gasteiger partial charge in [-0.25, -0.2) is 0 Å². The summed E-state index contributed by atoms with van der Waals surface area (Å²) in [6.45, 7) is 8.41. The molecule has 1 heterocycles. The maximum absolute atomic E-state index is 12.9. The normalized spacial score (nSPS) is 14.2. The standard InChI is InChI=1S/C25H33N3O3/c1-18-7-8-19(2)24(20(18)3)31-17-23(29)27-13-6-14-28(16-15-27)25(30)21-9-11-22(12-10-21)26(4)5/h7-12H,6,13-17H2,1-5H3. The molecule has 0 radical (unpaired) electrons. The van der Waals surface area contributed by atoms with Crippen molar-refractivity contribution in [2.75, 3.05) is 51.8 Å². The van der Waals surface area contributed by atoms with E-state index in [2.05, 4.69) is 6.07 Å². The lowest BCUT2D eigenvalue weighted by atomic mass is 10.1. The average molecular weight is 424 g/mol. The van der Waals surface area contributed by atoms with Gasteiger partial charge in [0.15, 0.2) is 6.61 Å². The molecule has 31 heavy (non-hydrogen) atoms. The van der Waals surface area contributed by atoms with Gasteiger partial charge in [-0.05, 0) is 68.1 Å². The third-order valence-corrected chi connectivity index (χ3v) is 5.98. The molecule has 0 aromatic heterocycles. The van der Waals surface area contributed by atoms with E-state index in [1.54, 1.807) is 0 Å². The second kappa shape index (κ2) is 9.86. The van der Waals surface area contributed by atoms with Crippen molar-refractivity contribution in [3.8, 4) is 5.75 Å². The molecular weight excluding hydrogens is 390 g/mol. The maximum Gasteiger partial charge on any atom is 0.260 e. The fraction of sp³-hybridized carbons (Fsp3) is 0.440. The number of amides is 2. The number of rotatable bonds is 5. The molecule has 0 aliphatic carbocycles. The summed E-state index contributed by atoms with van der Waals surface area (Å²) in [5.41, 5.74) is 4.99. The Balaban J connectivity index is 1.57. The number of ether oxygens (including phenoxy) is 1. The fourth-order valence-corrected chi connectivity index (χ4v) is 3.83. The molecule has 1 aliphatic heterocycles. The summed E-state index contributed by atoms with van der Waals surface area (Å²) in [4.78, 5) is 31.3. The van der Waals surface area contributed by atoms with Crippen LogP contribution in [0, 0.1) is 20.8 Å². The van der Waals surface area contributed by atoms with Crippen LogP contribution in [-0.4, -0.2) is 68.5 Å². The first-order chi connectivity index (χ1) is 14.8. The molecular formula is C25H33N3O3. The topological polar surface area (TPSA) is 53.1 Å². The Hall–Kier alpha value is -3.02. The van der Waals surface area contributed by atoms with Gasteiger partial charge in [-0.2, -0.15) is 0 Å². The van der Waals surface area contributed by atoms with Gasteiger partial charge in [0.2, 0.25) is 0 Å². The molecule has 3 rings (SSSR count). The number of carbonyl (C=O) groups excluding carboxylic acids is 2. The predicted molar refractivity (Wildman–Crippen MR) is 124 cm³/mol. The number of hydrogen-bond donors (Lipinski definition) is 0. The van der Waals surface area contributed by atoms with E-state index in [1.165, 1.54) is 0 Å². The molecule has 0 unspecified atom stereocenters. The Bertz CT molecular complexity index is 938. The number of carbonyl (C=O) groups is 2. The molecule has 2 aromatic carbocycles. The minimum Gasteiger partial charge on any atom is -0.483 e. The fourth-order valence-electron chi connectivity index (χ4n) is 3.83. The van der Waals surface area contributed by atoms with Crippen molar-refractivity contribution in [1.29, 1.82) is 0 Å². The lowest BCUT2D eigenvalue weighted by Gasteiger charge is -2.23. The monoisotopic (exact) mass is 423 g/mol. The third-order valence-electron chi connectivity index (χ3n) is 5.98. The summed E-state index contributed by atoms with van der Waals surface area (Å²) >= 11 is 0. The molecule has 0 N–H and O–H groups in total. The van der Waals surface area contributed by atoms with E-state index in [4.69, 9.17) is 4.74 Å². The van der Waals surface area contributed by atoms with E-state index in [0.717, 1.165) is 34.5 Å². The summed E-state index contributed by atoms with van der Waals surface area (Å²) < 4.78 is 5.90. The summed E-state index contributed by atoms with van der Waals surface area (Å²) in [5.74, 6) is 0.771. The molecule has 2 aromatic rings. The SMILES string of the molecule is Cc1ccc(C)c(OCC(=O)N2CCCN(C(=O)c3ccc(N(C)C)cc3)CC2)c1C. The average Bonchev–Trinajstić information content (AvgIpc) is 3.02. The first-order valence-electron chi connectivity index (χ1n) is 10.8. The van der Waals surface area contributed by atoms with Crippen LogP contribution in [0.5, 0.6) is 5.75 Å². The van der Waals surface area contributed by atoms with Crippen molar-refractivity contribution in [1.82, 2.24) is 9.80 Å². The zero-order chi connectivity index (χ0) is 22.5. The second-order valence-corrected chi connectivity index (χ2v) is 8.41. The molecule has 0 atom stereocenters. The molecule has 0 spiro atoms. The minimum atomic E-state index is -0.0371. The number of nitrogens with zero attached hydrogens (tertiary/aromatic N) is 3. The zero-order valence-electron chi connectivity index (χ0n) is 19.3. The highest BCUT2D eigenvalue weighted by Gasteiger charge is 2.23. The largest absolute Gasteiger partial charge is 0.483 e. The summed E-state index contributed by atoms with van der Waals surface area (Å²) in [6, 6.07) is 11.7. The van der Waals surface area contributed by atoms with Crippen molar-refractivity contribution < 1.29 is 14.3 Å². The van der Waals surface area contributed by atoms with E-state index in [-0.39, 0.29) is 18.4 Å². The Morgan fingerprint density at radius 2 is 1.48 bits per heavy atom. The molecule has 1 saturated heterocycles. The maximum atomic E-state index is 12.9. The van der Waals surface area contributed by atoms with Crippen LogP contribution in [-0.2, 0) is 4.79 Å². The van der Waals surface area contributed by atoms with Gasteiger partial charge in [0.05, 0.1) is 0 Å². The highest BCUT2D eigenvalue weighted by atomic mass is 16.5. The van der Waals surface area contributed by atoms with Crippen LogP contribution >= 0.6 is 0 Å². The minimum absolute atomic E-state index is 0.0156. The lowest BCUT2D eigenvalue weighted by Crippen LogP contribution is -2.39. The first kappa shape index (κ1) is 22.7. The van der Waals surface area contributed by atoms with Gasteiger partial charge >= 0.3 is 0 Å². The Kier molecular flexibility index (Phi) is 7.21. The first-order valence-corrected chi connectivity index (χ1v) is 10.8. The lowest BCUT2D eigenvalue weighted by molar-refractivity contribution is -0.133. The third kappa shape index (κ3) is 5.37. The van der Waals surface area contributed by atoms with Crippen LogP contribution in [0.3, 0.4) is 0 Å². The van der Waals surface area contributed by atoms with E-state index >= 15 is 0 Å². The molecule has 0 saturated carbocycles. The van der Waals surface area contributed by atoms with Crippen LogP contribution in [0.15, 0.2) is 36.4 Å². The van der Waals surface area contributed by atoms with Crippen LogP contribution < -0.4 is 9.64 Å². The highest BCUT2D eigenvalue weighted by Crippen LogP contribution is 2.25. The van der Waals surface area contributed by atoms with Crippen LogP contribution in [0.4, 0.5) is 5.69 Å². The smallest absolute Gasteiger partial charge is 0.260 e. The Morgan fingerprint density at radius 1 is 0.871 bits per heavy atom. The summed E-state index contributed by atoms with van der Waals surface area (Å²) in [5, 5.41) is 0. The van der Waals surface area contributed by atoms with Gasteiger partial charge in [-0.1, -0.05) is 12.1 Å². The molecule has 6 nitrogen and oxygen atoms in total. The number of benzene rings is 2. The van der Waals surface area contributed by atoms with Crippen LogP contribution in [0.25, 0.3) is 0 Å². The number of hydrogen-bond acceptors (Lipinski definition) is 4. The summed E-state index contributed by atoms with van der Waals surface area (Å²) in [6.07, 6.45) is 0.760. The van der Waals surface area contributed by atoms with Gasteiger partial charge in [0, 0.05) is 51.5 Å². The molecule has 1 aliphatic rings. The van der Waals surface area contributed by atoms with Gasteiger partial charge in [-0.15, -0.1) is 0 Å². The van der Waals surface area contributed by atoms with E-state index < -0.39 is 0 Å². The number of aryl methyl sites for hydroxylation is 2. The molecule has 0 bridgehead atoms. The second-order valence-electron chi connectivity index (χ2n) is 8.41. The Labute approximate surface area is 185 Å². The zero-order valence-corrected chi connectivity index (χ0v) is 19.3. The predicted octanol–water partition coefficient (Wildman–Crippen LogP) is 3.43. The summed E-state index contributed by atoms with van der Waals surface area (Å²) in [7, 11) is 3.95. The van der Waals surface area contributed by atoms with Crippen molar-refractivity contribution in [2.24, 2.45) is 0 Å².